The zero-order valence-corrected chi connectivity index (χ0v) is 12.0. The Morgan fingerprint density at radius 1 is 1.13 bits per heavy atom. The first-order valence-corrected chi connectivity index (χ1v) is 6.72. The van der Waals surface area contributed by atoms with E-state index in [1.54, 1.807) is 0 Å². The van der Waals surface area contributed by atoms with E-state index in [1.807, 2.05) is 0 Å². The molecule has 3 rings (SSSR count). The lowest BCUT2D eigenvalue weighted by Crippen LogP contribution is -2.33. The van der Waals surface area contributed by atoms with Crippen molar-refractivity contribution in [2.75, 3.05) is 7.11 Å². The van der Waals surface area contributed by atoms with E-state index in [0.29, 0.717) is 0 Å². The van der Waals surface area contributed by atoms with E-state index in [0.717, 1.165) is 18.2 Å². The van der Waals surface area contributed by atoms with E-state index >= 15 is 0 Å². The van der Waals surface area contributed by atoms with Gasteiger partial charge in [0.25, 0.3) is 0 Å². The molecule has 0 aromatic heterocycles. The minimum absolute atomic E-state index is 0.0256. The number of allylic oxidation sites excluding steroid dienone is 2. The van der Waals surface area contributed by atoms with Crippen molar-refractivity contribution in [1.82, 2.24) is 0 Å². The average molecular weight is 316 g/mol. The molecule has 0 saturated heterocycles. The first-order valence-electron chi connectivity index (χ1n) is 6.72. The van der Waals surface area contributed by atoms with Gasteiger partial charge in [-0.25, -0.2) is 0 Å². The van der Waals surface area contributed by atoms with Crippen LogP contribution >= 0.6 is 0 Å². The molecule has 7 nitrogen and oxygen atoms in total. The maximum atomic E-state index is 12.2. The van der Waals surface area contributed by atoms with E-state index in [-0.39, 0.29) is 34.8 Å². The molecule has 23 heavy (non-hydrogen) atoms. The predicted molar refractivity (Wildman–Crippen MR) is 76.3 cm³/mol. The van der Waals surface area contributed by atoms with Crippen molar-refractivity contribution in [3.05, 3.63) is 41.2 Å². The molecule has 1 aromatic carbocycles. The van der Waals surface area contributed by atoms with E-state index in [4.69, 9.17) is 9.47 Å². The van der Waals surface area contributed by atoms with Gasteiger partial charge < -0.3 is 19.7 Å². The molecule has 2 N–H and O–H groups in total. The molecule has 2 aliphatic rings. The number of Topliss-reactive ketones (excluding diaryl/α,β-unsaturated/α-hetero) is 1. The highest BCUT2D eigenvalue weighted by Crippen LogP contribution is 2.39. The van der Waals surface area contributed by atoms with Crippen LogP contribution in [0.1, 0.15) is 16.8 Å². The van der Waals surface area contributed by atoms with Gasteiger partial charge in [-0.15, -0.1) is 0 Å². The van der Waals surface area contributed by atoms with E-state index in [1.165, 1.54) is 13.2 Å². The Hall–Kier alpha value is -3.09. The molecule has 118 valence electrons. The fraction of sp³-hybridized carbons (Fsp3) is 0.188. The van der Waals surface area contributed by atoms with Crippen LogP contribution in [-0.2, 0) is 14.3 Å². The summed E-state index contributed by atoms with van der Waals surface area (Å²) in [6.07, 6.45) is 0.947. The molecular weight excluding hydrogens is 304 g/mol. The Morgan fingerprint density at radius 3 is 2.57 bits per heavy atom. The van der Waals surface area contributed by atoms with Crippen molar-refractivity contribution in [1.29, 1.82) is 0 Å². The Bertz CT molecular complexity index is 801. The number of ether oxygens (including phenoxy) is 2. The van der Waals surface area contributed by atoms with E-state index in [9.17, 15) is 24.6 Å². The lowest BCUT2D eigenvalue weighted by molar-refractivity contribution is -0.117. The van der Waals surface area contributed by atoms with Crippen LogP contribution in [0.2, 0.25) is 0 Å². The van der Waals surface area contributed by atoms with Crippen LogP contribution in [0.3, 0.4) is 0 Å². The lowest BCUT2D eigenvalue weighted by Gasteiger charge is -2.27. The van der Waals surface area contributed by atoms with Crippen molar-refractivity contribution in [3.8, 4) is 17.2 Å². The van der Waals surface area contributed by atoms with Crippen LogP contribution in [0.15, 0.2) is 35.6 Å². The molecule has 1 aromatic rings. The quantitative estimate of drug-likeness (QED) is 0.784. The smallest absolute Gasteiger partial charge is 0.221 e. The summed E-state index contributed by atoms with van der Waals surface area (Å²) in [5.74, 6) is -2.24. The van der Waals surface area contributed by atoms with Gasteiger partial charge in [0.15, 0.2) is 17.3 Å². The molecule has 7 heteroatoms. The maximum absolute atomic E-state index is 12.2. The molecular formula is C16H12O7. The Morgan fingerprint density at radius 2 is 1.87 bits per heavy atom. The molecule has 1 atom stereocenters. The van der Waals surface area contributed by atoms with Gasteiger partial charge in [0.1, 0.15) is 28.9 Å². The molecule has 0 radical (unpaired) electrons. The summed E-state index contributed by atoms with van der Waals surface area (Å²) < 4.78 is 10.3. The number of hydrogen-bond acceptors (Lipinski definition) is 7. The van der Waals surface area contributed by atoms with Crippen LogP contribution in [0, 0.1) is 0 Å². The molecule has 0 unspecified atom stereocenters. The van der Waals surface area contributed by atoms with Crippen LogP contribution < -0.4 is 4.74 Å². The van der Waals surface area contributed by atoms with E-state index in [2.05, 4.69) is 0 Å². The lowest BCUT2D eigenvalue weighted by atomic mass is 9.90. The van der Waals surface area contributed by atoms with E-state index < -0.39 is 29.2 Å². The monoisotopic (exact) mass is 316 g/mol. The van der Waals surface area contributed by atoms with Gasteiger partial charge in [-0.2, -0.15) is 0 Å². The summed E-state index contributed by atoms with van der Waals surface area (Å²) in [4.78, 5) is 36.1. The number of ketones is 3. The number of hydrogen-bond donors (Lipinski definition) is 2. The predicted octanol–water partition coefficient (Wildman–Crippen LogP) is 1.04. The second-order valence-corrected chi connectivity index (χ2v) is 5.11. The summed E-state index contributed by atoms with van der Waals surface area (Å²) >= 11 is 0. The van der Waals surface area contributed by atoms with Gasteiger partial charge in [-0.3, -0.25) is 14.4 Å². The highest BCUT2D eigenvalue weighted by Gasteiger charge is 2.35. The number of carbonyl (C=O) groups is 3. The molecule has 0 saturated carbocycles. The zero-order valence-electron chi connectivity index (χ0n) is 12.0. The second-order valence-electron chi connectivity index (χ2n) is 5.11. The fourth-order valence-corrected chi connectivity index (χ4v) is 2.57. The Labute approximate surface area is 130 Å². The SMILES string of the molecule is COC1=CC(=O)C([C@H]2CC(=O)c3c(O)cc(O)cc3O2)=CC1=O. The summed E-state index contributed by atoms with van der Waals surface area (Å²) in [6.45, 7) is 0. The van der Waals surface area contributed by atoms with Crippen LogP contribution in [0.4, 0.5) is 0 Å². The molecule has 0 bridgehead atoms. The molecule has 1 aliphatic carbocycles. The van der Waals surface area contributed by atoms with Crippen LogP contribution in [0.25, 0.3) is 0 Å². The van der Waals surface area contributed by atoms with Gasteiger partial charge in [-0.1, -0.05) is 0 Å². The Kier molecular flexibility index (Phi) is 3.40. The standard InChI is InChI=1S/C16H12O7/c1-22-14-5-9(18)8(4-10(14)19)13-6-12(21)16-11(20)2-7(17)3-15(16)23-13/h2-5,13,17,20H,6H2,1H3/t13-/m1/s1. The van der Waals surface area contributed by atoms with Gasteiger partial charge in [0, 0.05) is 29.9 Å². The zero-order chi connectivity index (χ0) is 16.7. The minimum atomic E-state index is -0.970. The molecule has 0 spiro atoms. The minimum Gasteiger partial charge on any atom is -0.508 e. The number of benzene rings is 1. The third-order valence-electron chi connectivity index (χ3n) is 3.63. The number of methoxy groups -OCH3 is 1. The van der Waals surface area contributed by atoms with Crippen molar-refractivity contribution in [3.63, 3.8) is 0 Å². The third-order valence-corrected chi connectivity index (χ3v) is 3.63. The number of fused-ring (bicyclic) bond motifs is 1. The first-order chi connectivity index (χ1) is 10.9. The molecule has 1 heterocycles. The van der Waals surface area contributed by atoms with Gasteiger partial charge in [0.2, 0.25) is 5.78 Å². The maximum Gasteiger partial charge on any atom is 0.221 e. The van der Waals surface area contributed by atoms with Crippen molar-refractivity contribution < 1.29 is 34.1 Å². The van der Waals surface area contributed by atoms with Gasteiger partial charge >= 0.3 is 0 Å². The number of aromatic hydroxyl groups is 2. The van der Waals surface area contributed by atoms with Crippen molar-refractivity contribution in [2.45, 2.75) is 12.5 Å². The summed E-state index contributed by atoms with van der Waals surface area (Å²) in [5.41, 5.74) is -0.0278. The molecule has 1 aliphatic heterocycles. The highest BCUT2D eigenvalue weighted by molar-refractivity contribution is 6.20. The average Bonchev–Trinajstić information content (AvgIpc) is 2.47. The Balaban J connectivity index is 1.97. The fourth-order valence-electron chi connectivity index (χ4n) is 2.57. The normalized spacial score (nSPS) is 20.4. The van der Waals surface area contributed by atoms with Gasteiger partial charge in [-0.05, 0) is 0 Å². The van der Waals surface area contributed by atoms with Gasteiger partial charge in [0.05, 0.1) is 13.5 Å². The molecule has 0 amide bonds. The summed E-state index contributed by atoms with van der Waals surface area (Å²) in [5, 5.41) is 19.2. The van der Waals surface area contributed by atoms with Crippen molar-refractivity contribution >= 4 is 17.3 Å². The summed E-state index contributed by atoms with van der Waals surface area (Å²) in [6, 6.07) is 2.20. The topological polar surface area (TPSA) is 110 Å². The number of phenols is 2. The second kappa shape index (κ2) is 5.28. The van der Waals surface area contributed by atoms with Crippen LogP contribution in [0.5, 0.6) is 17.2 Å². The highest BCUT2D eigenvalue weighted by atomic mass is 16.5. The number of phenolic OH excluding ortho intramolecular Hbond substituents is 2. The first kappa shape index (κ1) is 14.8. The van der Waals surface area contributed by atoms with Crippen LogP contribution in [-0.4, -0.2) is 40.8 Å². The van der Waals surface area contributed by atoms with Crippen molar-refractivity contribution in [2.24, 2.45) is 0 Å². The number of rotatable bonds is 2. The largest absolute Gasteiger partial charge is 0.508 e. The molecule has 0 fully saturated rings. The number of carbonyl (C=O) groups excluding carboxylic acids is 3. The third kappa shape index (κ3) is 2.46. The summed E-state index contributed by atoms with van der Waals surface area (Å²) in [7, 11) is 1.28.